The number of piperidine rings is 1. The third-order valence-electron chi connectivity index (χ3n) is 10.4. The van der Waals surface area contributed by atoms with Crippen LogP contribution >= 0.6 is 0 Å². The summed E-state index contributed by atoms with van der Waals surface area (Å²) in [6.07, 6.45) is 12.5. The van der Waals surface area contributed by atoms with Crippen LogP contribution < -0.4 is 15.5 Å². The second-order valence-electron chi connectivity index (χ2n) is 12.7. The van der Waals surface area contributed by atoms with Gasteiger partial charge in [-0.25, -0.2) is 0 Å². The number of quaternary nitrogens is 2. The van der Waals surface area contributed by atoms with E-state index in [1.807, 2.05) is 0 Å². The van der Waals surface area contributed by atoms with Gasteiger partial charge in [-0.2, -0.15) is 0 Å². The lowest BCUT2D eigenvalue weighted by molar-refractivity contribution is -0.928. The standard InChI is InChI=1S/C28H50N6O2/c1-21-6-8-22(9-7-21)20-34-14-12-24-27(34)28(36)30-19-23(31(24)2)10-11-26(35)33-17-15-32(16-18-33)25-5-3-4-13-29-25/h21-25,27,29H,3-20H2,1-2H3,(H,30,36)/p+2. The molecule has 0 spiro atoms. The molecule has 1 aliphatic carbocycles. The van der Waals surface area contributed by atoms with Crippen molar-refractivity contribution in [3.63, 3.8) is 0 Å². The van der Waals surface area contributed by atoms with Crippen molar-refractivity contribution >= 4 is 11.8 Å². The molecule has 0 aromatic carbocycles. The number of nitrogens with two attached hydrogens (primary N) is 1. The molecule has 8 nitrogen and oxygen atoms in total. The molecule has 36 heavy (non-hydrogen) atoms. The Balaban J connectivity index is 1.09. The van der Waals surface area contributed by atoms with Crippen LogP contribution in [0, 0.1) is 11.8 Å². The van der Waals surface area contributed by atoms with Crippen molar-refractivity contribution in [2.24, 2.45) is 11.8 Å². The van der Waals surface area contributed by atoms with Gasteiger partial charge in [-0.3, -0.25) is 19.4 Å². The number of fused-ring (bicyclic) bond motifs is 1. The molecule has 1 saturated carbocycles. The monoisotopic (exact) mass is 504 g/mol. The van der Waals surface area contributed by atoms with Crippen LogP contribution in [0.3, 0.4) is 0 Å². The largest absolute Gasteiger partial charge is 0.349 e. The molecule has 4 aliphatic heterocycles. The first kappa shape index (κ1) is 26.4. The summed E-state index contributed by atoms with van der Waals surface area (Å²) >= 11 is 0. The lowest BCUT2D eigenvalue weighted by Crippen LogP contribution is -3.18. The molecule has 4 N–H and O–H groups in total. The number of hydrogen-bond donors (Lipinski definition) is 3. The number of piperazine rings is 1. The number of carbonyl (C=O) groups excluding carboxylic acids is 2. The van der Waals surface area contributed by atoms with Crippen molar-refractivity contribution in [1.82, 2.24) is 20.0 Å². The first-order chi connectivity index (χ1) is 17.5. The molecule has 2 amide bonds. The van der Waals surface area contributed by atoms with Crippen molar-refractivity contribution in [1.29, 1.82) is 0 Å². The van der Waals surface area contributed by atoms with Crippen LogP contribution in [0.2, 0.25) is 0 Å². The number of nitrogens with one attached hydrogen (secondary N) is 2. The van der Waals surface area contributed by atoms with E-state index in [1.54, 1.807) is 0 Å². The van der Waals surface area contributed by atoms with Crippen LogP contribution in [0.25, 0.3) is 0 Å². The second kappa shape index (κ2) is 12.1. The average Bonchev–Trinajstić information content (AvgIpc) is 3.28. The Bertz CT molecular complexity index is 742. The Morgan fingerprint density at radius 3 is 2.53 bits per heavy atom. The summed E-state index contributed by atoms with van der Waals surface area (Å²) in [4.78, 5) is 34.9. The summed E-state index contributed by atoms with van der Waals surface area (Å²) in [7, 11) is 2.28. The van der Waals surface area contributed by atoms with Crippen LogP contribution in [-0.4, -0.2) is 110 Å². The predicted octanol–water partition coefficient (Wildman–Crippen LogP) is -0.733. The molecule has 0 aromatic heterocycles. The second-order valence-corrected chi connectivity index (χ2v) is 12.7. The Hall–Kier alpha value is -1.22. The van der Waals surface area contributed by atoms with Crippen LogP contribution in [0.1, 0.15) is 71.1 Å². The molecule has 0 bridgehead atoms. The van der Waals surface area contributed by atoms with E-state index in [-0.39, 0.29) is 11.9 Å². The van der Waals surface area contributed by atoms with Gasteiger partial charge >= 0.3 is 0 Å². The molecule has 204 valence electrons. The summed E-state index contributed by atoms with van der Waals surface area (Å²) in [5.41, 5.74) is 0. The zero-order chi connectivity index (χ0) is 25.1. The van der Waals surface area contributed by atoms with E-state index in [9.17, 15) is 9.59 Å². The Morgan fingerprint density at radius 1 is 1.03 bits per heavy atom. The highest BCUT2D eigenvalue weighted by atomic mass is 16.2. The number of nitrogens with zero attached hydrogens (tertiary/aromatic N) is 3. The van der Waals surface area contributed by atoms with Crippen LogP contribution in [0.5, 0.6) is 0 Å². The maximum Gasteiger partial charge on any atom is 0.243 e. The molecule has 5 atom stereocenters. The maximum absolute atomic E-state index is 13.2. The van der Waals surface area contributed by atoms with Gasteiger partial charge in [0.1, 0.15) is 24.3 Å². The van der Waals surface area contributed by atoms with Gasteiger partial charge in [-0.15, -0.1) is 0 Å². The van der Waals surface area contributed by atoms with Gasteiger partial charge in [0.25, 0.3) is 0 Å². The fraction of sp³-hybridized carbons (Fsp3) is 0.929. The number of likely N-dealkylation sites (N-methyl/N-ethyl adjacent to an activating group) is 1. The topological polar surface area (TPSA) is 76.9 Å². The Kier molecular flexibility index (Phi) is 8.87. The van der Waals surface area contributed by atoms with Crippen molar-refractivity contribution in [2.75, 3.05) is 59.4 Å². The van der Waals surface area contributed by atoms with Crippen molar-refractivity contribution in [3.05, 3.63) is 0 Å². The molecule has 4 heterocycles. The van der Waals surface area contributed by atoms with E-state index in [0.717, 1.165) is 63.9 Å². The van der Waals surface area contributed by atoms with Gasteiger partial charge in [-0.05, 0) is 37.5 Å². The summed E-state index contributed by atoms with van der Waals surface area (Å²) in [6.45, 7) is 10.2. The molecule has 5 rings (SSSR count). The van der Waals surface area contributed by atoms with E-state index in [2.05, 4.69) is 39.3 Å². The number of amides is 2. The minimum absolute atomic E-state index is 0.00900. The Labute approximate surface area is 218 Å². The molecule has 5 fully saturated rings. The molecule has 0 aromatic rings. The molecular weight excluding hydrogens is 452 g/mol. The van der Waals surface area contributed by atoms with Gasteiger partial charge in [0.05, 0.1) is 20.1 Å². The van der Waals surface area contributed by atoms with Crippen molar-refractivity contribution < 1.29 is 19.8 Å². The Morgan fingerprint density at radius 2 is 1.81 bits per heavy atom. The summed E-state index contributed by atoms with van der Waals surface area (Å²) < 4.78 is 0. The van der Waals surface area contributed by atoms with Gasteiger partial charge in [0.2, 0.25) is 11.8 Å². The first-order valence-electron chi connectivity index (χ1n) is 15.2. The quantitative estimate of drug-likeness (QED) is 0.446. The summed E-state index contributed by atoms with van der Waals surface area (Å²) in [6, 6.07) is 0.682. The zero-order valence-electron chi connectivity index (χ0n) is 22.9. The predicted molar refractivity (Wildman–Crippen MR) is 140 cm³/mol. The average molecular weight is 505 g/mol. The number of rotatable bonds is 6. The number of likely N-dealkylation sites (tertiary alicyclic amines) is 1. The minimum atomic E-state index is 0.00900. The number of hydrogen-bond acceptors (Lipinski definition) is 4. The molecule has 4 saturated heterocycles. The highest BCUT2D eigenvalue weighted by Gasteiger charge is 2.48. The molecule has 0 radical (unpaired) electrons. The van der Waals surface area contributed by atoms with Gasteiger partial charge in [-0.1, -0.05) is 19.8 Å². The van der Waals surface area contributed by atoms with E-state index in [1.165, 1.54) is 56.4 Å². The minimum Gasteiger partial charge on any atom is -0.349 e. The molecule has 5 aliphatic rings. The zero-order valence-corrected chi connectivity index (χ0v) is 22.9. The summed E-state index contributed by atoms with van der Waals surface area (Å²) in [5, 5.41) is 5.77. The normalized spacial score (nSPS) is 38.9. The molecule has 5 unspecified atom stereocenters. The first-order valence-corrected chi connectivity index (χ1v) is 15.2. The van der Waals surface area contributed by atoms with Crippen molar-refractivity contribution in [3.8, 4) is 0 Å². The van der Waals surface area contributed by atoms with Crippen LogP contribution in [0.15, 0.2) is 0 Å². The van der Waals surface area contributed by atoms with E-state index >= 15 is 0 Å². The van der Waals surface area contributed by atoms with Crippen molar-refractivity contribution in [2.45, 2.75) is 95.4 Å². The molecule has 8 heteroatoms. The lowest BCUT2D eigenvalue weighted by Gasteiger charge is -2.39. The lowest BCUT2D eigenvalue weighted by atomic mass is 9.82. The van der Waals surface area contributed by atoms with E-state index in [4.69, 9.17) is 0 Å². The maximum atomic E-state index is 13.2. The van der Waals surface area contributed by atoms with E-state index < -0.39 is 0 Å². The van der Waals surface area contributed by atoms with Gasteiger partial charge in [0.15, 0.2) is 0 Å². The number of carbonyl (C=O) groups is 2. The smallest absolute Gasteiger partial charge is 0.243 e. The third-order valence-corrected chi connectivity index (χ3v) is 10.4. The fourth-order valence-corrected chi connectivity index (χ4v) is 7.87. The molecular formula is C28H52N6O2+2. The van der Waals surface area contributed by atoms with Crippen LogP contribution in [-0.2, 0) is 9.59 Å². The third kappa shape index (κ3) is 6.08. The highest BCUT2D eigenvalue weighted by molar-refractivity contribution is 5.83. The SMILES string of the molecule is CC1CCC(CN2CCC3C2C(=O)NCC(CCC(=O)N2CCN(C4CCCC[NH2+]4)CC2)[NH+]3C)CC1. The fourth-order valence-electron chi connectivity index (χ4n) is 7.87. The van der Waals surface area contributed by atoms with Crippen LogP contribution in [0.4, 0.5) is 0 Å². The highest BCUT2D eigenvalue weighted by Crippen LogP contribution is 2.31. The van der Waals surface area contributed by atoms with E-state index in [0.29, 0.717) is 37.1 Å². The van der Waals surface area contributed by atoms with Gasteiger partial charge in [0, 0.05) is 65.0 Å². The van der Waals surface area contributed by atoms with Gasteiger partial charge < -0.3 is 20.4 Å². The summed E-state index contributed by atoms with van der Waals surface area (Å²) in [5.74, 6) is 2.15.